The number of hydrogen-bond donors (Lipinski definition) is 1. The molecule has 2 rings (SSSR count). The van der Waals surface area contributed by atoms with E-state index < -0.39 is 10.2 Å². The first kappa shape index (κ1) is 13.1. The maximum atomic E-state index is 8.49. The zero-order chi connectivity index (χ0) is 12.0. The monoisotopic (exact) mass is 248 g/mol. The van der Waals surface area contributed by atoms with Gasteiger partial charge in [-0.2, -0.15) is 0 Å². The topological polar surface area (TPSA) is 111 Å². The Labute approximate surface area is 95.2 Å². The van der Waals surface area contributed by atoms with Crippen LogP contribution in [-0.2, 0) is 0 Å². The van der Waals surface area contributed by atoms with E-state index >= 15 is 0 Å². The number of nitrogens with one attached hydrogen (secondary N) is 1. The number of hydrogen-bond acceptors (Lipinski definition) is 4. The molecule has 1 N–H and O–H groups in total. The molecule has 1 fully saturated rings. The van der Waals surface area contributed by atoms with Gasteiger partial charge in [-0.25, -0.2) is 23.2 Å². The van der Waals surface area contributed by atoms with Crippen LogP contribution in [0.1, 0.15) is 18.5 Å². The second kappa shape index (κ2) is 5.97. The molecule has 7 heteroatoms. The van der Waals surface area contributed by atoms with Crippen molar-refractivity contribution >= 4 is 6.21 Å². The molecule has 0 aliphatic carbocycles. The first-order valence-electron chi connectivity index (χ1n) is 4.79. The minimum absolute atomic E-state index is 1.21. The fourth-order valence-corrected chi connectivity index (χ4v) is 1.49. The Morgan fingerprint density at radius 2 is 1.75 bits per heavy atom. The van der Waals surface area contributed by atoms with Crippen molar-refractivity contribution in [1.82, 2.24) is 4.98 Å². The summed E-state index contributed by atoms with van der Waals surface area (Å²) in [6.45, 7) is 2.44. The highest BCUT2D eigenvalue weighted by Crippen LogP contribution is 2.01. The lowest BCUT2D eigenvalue weighted by Gasteiger charge is -2.17. The Bertz CT molecular complexity index is 318. The van der Waals surface area contributed by atoms with Gasteiger partial charge in [0, 0.05) is 19.0 Å². The lowest BCUT2D eigenvalue weighted by atomic mass is 10.4. The third-order valence-corrected chi connectivity index (χ3v) is 2.08. The van der Waals surface area contributed by atoms with Crippen LogP contribution in [0.4, 0.5) is 0 Å². The van der Waals surface area contributed by atoms with Gasteiger partial charge in [0.25, 0.3) is 0 Å². The fourth-order valence-electron chi connectivity index (χ4n) is 1.49. The molecule has 1 aliphatic heterocycles. The molecular weight excluding hydrogens is 236 g/mol. The van der Waals surface area contributed by atoms with Crippen LogP contribution in [0.5, 0.6) is 0 Å². The van der Waals surface area contributed by atoms with Gasteiger partial charge in [0.2, 0.25) is 0 Å². The van der Waals surface area contributed by atoms with Gasteiger partial charge < -0.3 is 4.98 Å². The van der Waals surface area contributed by atoms with Crippen molar-refractivity contribution in [2.24, 2.45) is 0 Å². The highest BCUT2D eigenvalue weighted by atomic mass is 35.7. The van der Waals surface area contributed by atoms with E-state index in [1.54, 1.807) is 0 Å². The number of H-pyrrole nitrogens is 1. The van der Waals surface area contributed by atoms with Crippen molar-refractivity contribution in [2.45, 2.75) is 12.8 Å². The standard InChI is InChI=1S/C9H12N2.ClHO4/c1-2-7-11(6-1)8-9-4-3-5-10-9;2-1(3,4)5/h3-5,8H,1-2,6-7H2;(H,2,3,4,5). The summed E-state index contributed by atoms with van der Waals surface area (Å²) in [5.41, 5.74) is 1.21. The molecule has 0 aromatic carbocycles. The van der Waals surface area contributed by atoms with Crippen LogP contribution in [0.25, 0.3) is 0 Å². The number of aromatic nitrogens is 1. The molecule has 0 bridgehead atoms. The molecule has 1 aromatic heterocycles. The van der Waals surface area contributed by atoms with Crippen LogP contribution in [0.15, 0.2) is 18.3 Å². The SMILES string of the molecule is C(c1ccc[nH]1)=[N+]1CCCC1.[O-][Cl+3]([O-])([O-])[O-]. The Balaban J connectivity index is 0.000000221. The van der Waals surface area contributed by atoms with Crippen molar-refractivity contribution in [1.29, 1.82) is 0 Å². The van der Waals surface area contributed by atoms with E-state index in [1.165, 1.54) is 31.6 Å². The fraction of sp³-hybridized carbons (Fsp3) is 0.444. The summed E-state index contributed by atoms with van der Waals surface area (Å²) in [5.74, 6) is 0. The van der Waals surface area contributed by atoms with E-state index in [9.17, 15) is 0 Å². The maximum absolute atomic E-state index is 8.49. The molecule has 6 nitrogen and oxygen atoms in total. The van der Waals surface area contributed by atoms with Crippen LogP contribution in [0.2, 0.25) is 0 Å². The van der Waals surface area contributed by atoms with Crippen molar-refractivity contribution in [3.63, 3.8) is 0 Å². The summed E-state index contributed by atoms with van der Waals surface area (Å²) >= 11 is 0. The molecular formula is C9H13ClN2O4. The van der Waals surface area contributed by atoms with Gasteiger partial charge in [0.1, 0.15) is 18.8 Å². The highest BCUT2D eigenvalue weighted by Gasteiger charge is 2.11. The molecule has 0 atom stereocenters. The molecule has 2 heterocycles. The van der Waals surface area contributed by atoms with Crippen LogP contribution in [-0.4, -0.2) is 28.9 Å². The van der Waals surface area contributed by atoms with Crippen molar-refractivity contribution in [3.8, 4) is 0 Å². The quantitative estimate of drug-likeness (QED) is 0.520. The normalized spacial score (nSPS) is 15.6. The predicted octanol–water partition coefficient (Wildman–Crippen LogP) is -3.52. The van der Waals surface area contributed by atoms with Gasteiger partial charge in [0.15, 0.2) is 6.21 Å². The van der Waals surface area contributed by atoms with Gasteiger partial charge >= 0.3 is 0 Å². The minimum atomic E-state index is -4.94. The summed E-state index contributed by atoms with van der Waals surface area (Å²) in [7, 11) is -4.94. The number of aromatic amines is 1. The lowest BCUT2D eigenvalue weighted by molar-refractivity contribution is -2.00. The third-order valence-electron chi connectivity index (χ3n) is 2.08. The van der Waals surface area contributed by atoms with Gasteiger partial charge in [0.05, 0.1) is 0 Å². The largest absolute Gasteiger partial charge is 0.357 e. The van der Waals surface area contributed by atoms with E-state index in [-0.39, 0.29) is 0 Å². The van der Waals surface area contributed by atoms with Gasteiger partial charge in [-0.05, 0) is 12.1 Å². The molecule has 0 spiro atoms. The van der Waals surface area contributed by atoms with Crippen LogP contribution in [0.3, 0.4) is 0 Å². The molecule has 1 aromatic rings. The van der Waals surface area contributed by atoms with Crippen molar-refractivity contribution in [3.05, 3.63) is 24.0 Å². The van der Waals surface area contributed by atoms with E-state index in [1.807, 2.05) is 12.3 Å². The van der Waals surface area contributed by atoms with Gasteiger partial charge in [-0.1, -0.05) is 0 Å². The summed E-state index contributed by atoms with van der Waals surface area (Å²) in [4.78, 5) is 3.17. The number of rotatable bonds is 1. The predicted molar refractivity (Wildman–Crippen MR) is 45.2 cm³/mol. The Morgan fingerprint density at radius 3 is 2.19 bits per heavy atom. The maximum Gasteiger partial charge on any atom is 0.187 e. The van der Waals surface area contributed by atoms with Crippen LogP contribution >= 0.6 is 0 Å². The van der Waals surface area contributed by atoms with Crippen LogP contribution in [0, 0.1) is 10.2 Å². The molecule has 0 saturated carbocycles. The Hall–Kier alpha value is -0.920. The zero-order valence-electron chi connectivity index (χ0n) is 8.60. The molecule has 0 amide bonds. The number of nitrogens with zero attached hydrogens (tertiary/aromatic N) is 1. The summed E-state index contributed by atoms with van der Waals surface area (Å²) < 4.78 is 36.3. The van der Waals surface area contributed by atoms with E-state index in [2.05, 4.69) is 21.8 Å². The zero-order valence-corrected chi connectivity index (χ0v) is 9.35. The summed E-state index contributed by atoms with van der Waals surface area (Å²) in [5, 5.41) is 0. The first-order chi connectivity index (χ1) is 7.45. The van der Waals surface area contributed by atoms with Crippen LogP contribution < -0.4 is 18.6 Å². The van der Waals surface area contributed by atoms with E-state index in [4.69, 9.17) is 18.6 Å². The molecule has 16 heavy (non-hydrogen) atoms. The second-order valence-corrected chi connectivity index (χ2v) is 4.13. The average molecular weight is 249 g/mol. The molecule has 1 saturated heterocycles. The highest BCUT2D eigenvalue weighted by molar-refractivity contribution is 5.72. The second-order valence-electron chi connectivity index (χ2n) is 3.38. The molecule has 90 valence electrons. The van der Waals surface area contributed by atoms with Gasteiger partial charge in [-0.15, -0.1) is 10.2 Å². The average Bonchev–Trinajstić information content (AvgIpc) is 2.74. The molecule has 0 unspecified atom stereocenters. The van der Waals surface area contributed by atoms with Gasteiger partial charge in [-0.3, -0.25) is 0 Å². The van der Waals surface area contributed by atoms with E-state index in [0.717, 1.165) is 0 Å². The lowest BCUT2D eigenvalue weighted by Crippen LogP contribution is -2.68. The number of halogens is 1. The molecule has 0 radical (unpaired) electrons. The first-order valence-corrected chi connectivity index (χ1v) is 6.02. The molecule has 1 aliphatic rings. The summed E-state index contributed by atoms with van der Waals surface area (Å²) in [6, 6.07) is 4.13. The van der Waals surface area contributed by atoms with E-state index in [0.29, 0.717) is 0 Å². The van der Waals surface area contributed by atoms with Crippen molar-refractivity contribution < 1.29 is 33.5 Å². The van der Waals surface area contributed by atoms with Crippen molar-refractivity contribution in [2.75, 3.05) is 13.1 Å². The Morgan fingerprint density at radius 1 is 1.19 bits per heavy atom. The Kier molecular flexibility index (Phi) is 4.91. The summed E-state index contributed by atoms with van der Waals surface area (Å²) in [6.07, 6.45) is 6.85. The smallest absolute Gasteiger partial charge is 0.187 e. The third kappa shape index (κ3) is 6.54. The minimum Gasteiger partial charge on any atom is -0.357 e.